The molecule has 1 atom stereocenters. The molecule has 1 saturated heterocycles. The lowest BCUT2D eigenvalue weighted by Gasteiger charge is -2.17. The van der Waals surface area contributed by atoms with Gasteiger partial charge < -0.3 is 9.30 Å². The van der Waals surface area contributed by atoms with E-state index >= 15 is 0 Å². The third-order valence-corrected chi connectivity index (χ3v) is 3.82. The van der Waals surface area contributed by atoms with Crippen LogP contribution in [0.1, 0.15) is 18.5 Å². The van der Waals surface area contributed by atoms with Crippen LogP contribution in [0.4, 0.5) is 0 Å². The van der Waals surface area contributed by atoms with Crippen molar-refractivity contribution in [2.75, 3.05) is 13.6 Å². The number of aromatic nitrogens is 2. The molecule has 0 N–H and O–H groups in total. The van der Waals surface area contributed by atoms with Crippen molar-refractivity contribution >= 4 is 17.2 Å². The molecule has 0 saturated carbocycles. The maximum atomic E-state index is 5.96. The van der Waals surface area contributed by atoms with E-state index in [9.17, 15) is 0 Å². The molecular weight excluding hydrogens is 234 g/mol. The fourth-order valence-corrected chi connectivity index (χ4v) is 2.74. The first-order chi connectivity index (χ1) is 8.22. The topological polar surface area (TPSA) is 20.5 Å². The number of pyridine rings is 1. The second kappa shape index (κ2) is 4.31. The van der Waals surface area contributed by atoms with Gasteiger partial charge in [0.1, 0.15) is 5.65 Å². The molecule has 0 aliphatic carbocycles. The molecule has 2 aromatic rings. The quantitative estimate of drug-likeness (QED) is 0.816. The minimum Gasteiger partial charge on any atom is -0.307 e. The van der Waals surface area contributed by atoms with E-state index in [2.05, 4.69) is 23.1 Å². The molecule has 1 unspecified atom stereocenters. The first-order valence-electron chi connectivity index (χ1n) is 6.06. The van der Waals surface area contributed by atoms with Crippen molar-refractivity contribution in [2.45, 2.75) is 25.3 Å². The fraction of sp³-hybridized carbons (Fsp3) is 0.462. The van der Waals surface area contributed by atoms with Crippen molar-refractivity contribution in [1.82, 2.24) is 14.3 Å². The Balaban J connectivity index is 1.85. The van der Waals surface area contributed by atoms with Crippen LogP contribution >= 0.6 is 11.6 Å². The molecule has 1 aliphatic heterocycles. The standard InChI is InChI=1S/C13H16ClN3/c1-16-5-2-3-12(16)8-11-9-17-6-4-10(14)7-13(17)15-11/h4,6-7,9,12H,2-3,5,8H2,1H3. The maximum absolute atomic E-state index is 5.96. The summed E-state index contributed by atoms with van der Waals surface area (Å²) in [5, 5.41) is 0.743. The first kappa shape index (κ1) is 11.1. The second-order valence-corrected chi connectivity index (χ2v) is 5.26. The molecular formula is C13H16ClN3. The number of hydrogen-bond donors (Lipinski definition) is 0. The van der Waals surface area contributed by atoms with Crippen LogP contribution in [0, 0.1) is 0 Å². The highest BCUT2D eigenvalue weighted by atomic mass is 35.5. The molecule has 0 aromatic carbocycles. The molecule has 17 heavy (non-hydrogen) atoms. The Bertz CT molecular complexity index is 534. The number of likely N-dealkylation sites (tertiary alicyclic amines) is 1. The molecule has 3 nitrogen and oxygen atoms in total. The Hall–Kier alpha value is -1.06. The Morgan fingerprint density at radius 2 is 2.41 bits per heavy atom. The van der Waals surface area contributed by atoms with Crippen LogP contribution in [-0.4, -0.2) is 33.9 Å². The lowest BCUT2D eigenvalue weighted by molar-refractivity contribution is 0.308. The van der Waals surface area contributed by atoms with Crippen LogP contribution in [0.3, 0.4) is 0 Å². The monoisotopic (exact) mass is 249 g/mol. The fourth-order valence-electron chi connectivity index (χ4n) is 2.59. The summed E-state index contributed by atoms with van der Waals surface area (Å²) in [7, 11) is 2.20. The number of hydrogen-bond acceptors (Lipinski definition) is 2. The lowest BCUT2D eigenvalue weighted by Crippen LogP contribution is -2.26. The number of nitrogens with zero attached hydrogens (tertiary/aromatic N) is 3. The molecule has 0 spiro atoms. The summed E-state index contributed by atoms with van der Waals surface area (Å²) >= 11 is 5.96. The molecule has 1 fully saturated rings. The Kier molecular flexibility index (Phi) is 2.81. The lowest BCUT2D eigenvalue weighted by atomic mass is 10.1. The highest BCUT2D eigenvalue weighted by molar-refractivity contribution is 6.30. The molecule has 2 aromatic heterocycles. The summed E-state index contributed by atoms with van der Waals surface area (Å²) in [6.45, 7) is 1.21. The molecule has 0 amide bonds. The minimum atomic E-state index is 0.649. The molecule has 3 rings (SSSR count). The van der Waals surface area contributed by atoms with E-state index in [4.69, 9.17) is 11.6 Å². The van der Waals surface area contributed by atoms with E-state index < -0.39 is 0 Å². The normalized spacial score (nSPS) is 21.4. The van der Waals surface area contributed by atoms with Gasteiger partial charge in [0.2, 0.25) is 0 Å². The number of fused-ring (bicyclic) bond motifs is 1. The number of rotatable bonds is 2. The van der Waals surface area contributed by atoms with Crippen LogP contribution in [-0.2, 0) is 6.42 Å². The van der Waals surface area contributed by atoms with Gasteiger partial charge in [-0.05, 0) is 38.6 Å². The summed E-state index contributed by atoms with van der Waals surface area (Å²) < 4.78 is 2.04. The van der Waals surface area contributed by atoms with Crippen molar-refractivity contribution < 1.29 is 0 Å². The summed E-state index contributed by atoms with van der Waals surface area (Å²) in [6.07, 6.45) is 7.70. The highest BCUT2D eigenvalue weighted by Gasteiger charge is 2.21. The van der Waals surface area contributed by atoms with E-state index in [0.29, 0.717) is 6.04 Å². The van der Waals surface area contributed by atoms with Crippen LogP contribution in [0.25, 0.3) is 5.65 Å². The molecule has 4 heteroatoms. The Morgan fingerprint density at radius 1 is 1.53 bits per heavy atom. The second-order valence-electron chi connectivity index (χ2n) is 4.82. The summed E-state index contributed by atoms with van der Waals surface area (Å²) in [6, 6.07) is 4.45. The van der Waals surface area contributed by atoms with Crippen LogP contribution in [0.2, 0.25) is 5.02 Å². The van der Waals surface area contributed by atoms with Crippen molar-refractivity contribution in [3.05, 3.63) is 35.2 Å². The summed E-state index contributed by atoms with van der Waals surface area (Å²) in [4.78, 5) is 7.05. The van der Waals surface area contributed by atoms with Crippen LogP contribution in [0.15, 0.2) is 24.5 Å². The van der Waals surface area contributed by atoms with Gasteiger partial charge in [-0.2, -0.15) is 0 Å². The predicted octanol–water partition coefficient (Wildman–Crippen LogP) is 2.62. The molecule has 1 aliphatic rings. The van der Waals surface area contributed by atoms with E-state index in [-0.39, 0.29) is 0 Å². The Labute approximate surface area is 106 Å². The summed E-state index contributed by atoms with van der Waals surface area (Å²) in [5.74, 6) is 0. The zero-order valence-corrected chi connectivity index (χ0v) is 10.7. The van der Waals surface area contributed by atoms with Crippen LogP contribution in [0.5, 0.6) is 0 Å². The van der Waals surface area contributed by atoms with Gasteiger partial charge in [0.25, 0.3) is 0 Å². The van der Waals surface area contributed by atoms with Crippen molar-refractivity contribution in [2.24, 2.45) is 0 Å². The Morgan fingerprint density at radius 3 is 3.18 bits per heavy atom. The average Bonchev–Trinajstić information content (AvgIpc) is 2.85. The highest BCUT2D eigenvalue weighted by Crippen LogP contribution is 2.20. The zero-order valence-electron chi connectivity index (χ0n) is 9.93. The van der Waals surface area contributed by atoms with Gasteiger partial charge in [-0.1, -0.05) is 11.6 Å². The van der Waals surface area contributed by atoms with Gasteiger partial charge in [0, 0.05) is 29.9 Å². The van der Waals surface area contributed by atoms with Gasteiger partial charge >= 0.3 is 0 Å². The smallest absolute Gasteiger partial charge is 0.138 e. The number of likely N-dealkylation sites (N-methyl/N-ethyl adjacent to an activating group) is 1. The van der Waals surface area contributed by atoms with E-state index in [1.54, 1.807) is 0 Å². The van der Waals surface area contributed by atoms with Crippen LogP contribution < -0.4 is 0 Å². The van der Waals surface area contributed by atoms with E-state index in [0.717, 1.165) is 22.8 Å². The van der Waals surface area contributed by atoms with Crippen molar-refractivity contribution in [3.8, 4) is 0 Å². The third-order valence-electron chi connectivity index (χ3n) is 3.59. The molecule has 0 radical (unpaired) electrons. The largest absolute Gasteiger partial charge is 0.307 e. The molecule has 90 valence electrons. The third kappa shape index (κ3) is 2.17. The number of imidazole rings is 1. The molecule has 3 heterocycles. The SMILES string of the molecule is CN1CCCC1Cc1cn2ccc(Cl)cc2n1. The predicted molar refractivity (Wildman–Crippen MR) is 69.6 cm³/mol. The van der Waals surface area contributed by atoms with Gasteiger partial charge in [0.15, 0.2) is 0 Å². The summed E-state index contributed by atoms with van der Waals surface area (Å²) in [5.41, 5.74) is 2.10. The van der Waals surface area contributed by atoms with Gasteiger partial charge in [-0.15, -0.1) is 0 Å². The zero-order chi connectivity index (χ0) is 11.8. The maximum Gasteiger partial charge on any atom is 0.138 e. The van der Waals surface area contributed by atoms with Crippen molar-refractivity contribution in [3.63, 3.8) is 0 Å². The first-order valence-corrected chi connectivity index (χ1v) is 6.43. The minimum absolute atomic E-state index is 0.649. The number of halogens is 1. The van der Waals surface area contributed by atoms with E-state index in [1.807, 2.05) is 22.7 Å². The van der Waals surface area contributed by atoms with Gasteiger partial charge in [-0.3, -0.25) is 0 Å². The molecule has 0 bridgehead atoms. The van der Waals surface area contributed by atoms with E-state index in [1.165, 1.54) is 19.4 Å². The van der Waals surface area contributed by atoms with Gasteiger partial charge in [-0.25, -0.2) is 4.98 Å². The van der Waals surface area contributed by atoms with Gasteiger partial charge in [0.05, 0.1) is 5.69 Å². The van der Waals surface area contributed by atoms with Crippen molar-refractivity contribution in [1.29, 1.82) is 0 Å². The average molecular weight is 250 g/mol.